The number of alkyl halides is 3. The van der Waals surface area contributed by atoms with Crippen LogP contribution in [-0.4, -0.2) is 82.4 Å². The van der Waals surface area contributed by atoms with Gasteiger partial charge in [0, 0.05) is 56.0 Å². The van der Waals surface area contributed by atoms with Gasteiger partial charge in [0.05, 0.1) is 13.2 Å². The van der Waals surface area contributed by atoms with E-state index in [1.807, 2.05) is 17.3 Å². The van der Waals surface area contributed by atoms with Crippen LogP contribution in [0.15, 0.2) is 29.6 Å². The van der Waals surface area contributed by atoms with Crippen LogP contribution in [0.3, 0.4) is 0 Å². The minimum atomic E-state index is -5.08. The molecule has 12 heteroatoms. The predicted octanol–water partition coefficient (Wildman–Crippen LogP) is 2.52. The molecular weight excluding hydrogens is 449 g/mol. The molecule has 1 amide bonds. The number of carboxylic acid groups (broad SMARTS) is 1. The zero-order valence-electron chi connectivity index (χ0n) is 17.3. The van der Waals surface area contributed by atoms with Crippen LogP contribution in [0.1, 0.15) is 12.0 Å². The Balaban J connectivity index is 0.000000360. The highest BCUT2D eigenvalue weighted by atomic mass is 32.1. The maximum atomic E-state index is 12.0. The normalized spacial score (nSPS) is 21.9. The molecule has 0 bridgehead atoms. The molecule has 8 nitrogen and oxygen atoms in total. The maximum Gasteiger partial charge on any atom is 0.490 e. The van der Waals surface area contributed by atoms with Crippen LogP contribution in [0, 0.1) is 5.41 Å². The monoisotopic (exact) mass is 472 g/mol. The smallest absolute Gasteiger partial charge is 0.475 e. The van der Waals surface area contributed by atoms with Gasteiger partial charge in [-0.2, -0.15) is 13.2 Å². The molecule has 1 spiro atoms. The van der Waals surface area contributed by atoms with Crippen molar-refractivity contribution < 1.29 is 32.6 Å². The Morgan fingerprint density at radius 3 is 2.50 bits per heavy atom. The van der Waals surface area contributed by atoms with Crippen LogP contribution in [0.4, 0.5) is 13.2 Å². The Kier molecular flexibility index (Phi) is 7.47. The molecule has 2 aromatic rings. The molecule has 2 aliphatic heterocycles. The van der Waals surface area contributed by atoms with Crippen LogP contribution in [0.25, 0.3) is 11.3 Å². The highest BCUT2D eigenvalue weighted by Crippen LogP contribution is 2.34. The maximum absolute atomic E-state index is 12.0. The summed E-state index contributed by atoms with van der Waals surface area (Å²) in [7, 11) is 1.89. The van der Waals surface area contributed by atoms with E-state index in [0.717, 1.165) is 44.0 Å². The molecule has 2 aliphatic rings. The molecule has 174 valence electrons. The van der Waals surface area contributed by atoms with Crippen LogP contribution in [-0.2, 0) is 20.9 Å². The Labute approximate surface area is 186 Å². The number of aromatic nitrogens is 2. The summed E-state index contributed by atoms with van der Waals surface area (Å²) in [5.41, 5.74) is 3.22. The van der Waals surface area contributed by atoms with Crippen molar-refractivity contribution >= 4 is 23.4 Å². The van der Waals surface area contributed by atoms with E-state index in [-0.39, 0.29) is 11.3 Å². The van der Waals surface area contributed by atoms with Gasteiger partial charge in [0.25, 0.3) is 0 Å². The highest BCUT2D eigenvalue weighted by Gasteiger charge is 2.44. The first-order chi connectivity index (χ1) is 15.1. The first-order valence-corrected chi connectivity index (χ1v) is 10.6. The van der Waals surface area contributed by atoms with Gasteiger partial charge in [-0.05, 0) is 17.1 Å². The summed E-state index contributed by atoms with van der Waals surface area (Å²) in [5.74, 6) is -2.53. The van der Waals surface area contributed by atoms with Gasteiger partial charge in [-0.25, -0.2) is 4.79 Å². The molecule has 3 heterocycles. The van der Waals surface area contributed by atoms with Gasteiger partial charge in [0.2, 0.25) is 5.91 Å². The van der Waals surface area contributed by atoms with Gasteiger partial charge in [-0.1, -0.05) is 28.8 Å². The Hall–Kier alpha value is -2.57. The SMILES string of the molecule is CN1CC2(COCCN(Cc3ccc(-c4csnn4)cc3)C2)CC1=O.O=C(O)C(F)(F)F. The topological polar surface area (TPSA) is 95.9 Å². The second-order valence-corrected chi connectivity index (χ2v) is 8.59. The molecule has 0 aliphatic carbocycles. The third-order valence-electron chi connectivity index (χ3n) is 5.30. The largest absolute Gasteiger partial charge is 0.490 e. The lowest BCUT2D eigenvalue weighted by Gasteiger charge is -2.30. The van der Waals surface area contributed by atoms with Gasteiger partial charge >= 0.3 is 12.1 Å². The van der Waals surface area contributed by atoms with Crippen molar-refractivity contribution in [1.29, 1.82) is 0 Å². The number of nitrogens with zero attached hydrogens (tertiary/aromatic N) is 4. The number of likely N-dealkylation sites (tertiary alicyclic amines) is 1. The Morgan fingerprint density at radius 1 is 1.28 bits per heavy atom. The van der Waals surface area contributed by atoms with Crippen molar-refractivity contribution in [2.45, 2.75) is 19.1 Å². The lowest BCUT2D eigenvalue weighted by atomic mass is 9.87. The molecule has 1 aromatic carbocycles. The fraction of sp³-hybridized carbons (Fsp3) is 0.500. The van der Waals surface area contributed by atoms with Crippen molar-refractivity contribution in [3.63, 3.8) is 0 Å². The summed E-state index contributed by atoms with van der Waals surface area (Å²) in [6.07, 6.45) is -4.49. The second kappa shape index (κ2) is 9.92. The molecule has 1 N–H and O–H groups in total. The Bertz CT molecular complexity index is 924. The second-order valence-electron chi connectivity index (χ2n) is 7.98. The number of carbonyl (C=O) groups excluding carboxylic acids is 1. The van der Waals surface area contributed by atoms with Gasteiger partial charge in [0.1, 0.15) is 5.69 Å². The quantitative estimate of drug-likeness (QED) is 0.733. The van der Waals surface area contributed by atoms with E-state index >= 15 is 0 Å². The van der Waals surface area contributed by atoms with Crippen molar-refractivity contribution in [1.82, 2.24) is 19.4 Å². The van der Waals surface area contributed by atoms with E-state index in [0.29, 0.717) is 13.0 Å². The molecular formula is C20H23F3N4O4S. The third kappa shape index (κ3) is 6.24. The molecule has 32 heavy (non-hydrogen) atoms. The number of carbonyl (C=O) groups is 2. The van der Waals surface area contributed by atoms with Gasteiger partial charge in [-0.3, -0.25) is 9.69 Å². The first-order valence-electron chi connectivity index (χ1n) is 9.79. The zero-order chi connectivity index (χ0) is 23.4. The molecule has 2 fully saturated rings. The summed E-state index contributed by atoms with van der Waals surface area (Å²) in [5, 5.41) is 13.2. The average Bonchev–Trinajstić information content (AvgIpc) is 3.29. The van der Waals surface area contributed by atoms with Crippen LogP contribution >= 0.6 is 11.5 Å². The fourth-order valence-electron chi connectivity index (χ4n) is 3.85. The van der Waals surface area contributed by atoms with Crippen LogP contribution in [0.5, 0.6) is 0 Å². The fourth-order valence-corrected chi connectivity index (χ4v) is 4.32. The zero-order valence-corrected chi connectivity index (χ0v) is 18.2. The minimum Gasteiger partial charge on any atom is -0.475 e. The summed E-state index contributed by atoms with van der Waals surface area (Å²) >= 11 is 1.37. The van der Waals surface area contributed by atoms with E-state index < -0.39 is 12.1 Å². The molecule has 0 saturated carbocycles. The number of halogens is 3. The number of carboxylic acids is 1. The van der Waals surface area contributed by atoms with Crippen molar-refractivity contribution in [3.8, 4) is 11.3 Å². The molecule has 4 rings (SSSR count). The number of rotatable bonds is 3. The summed E-state index contributed by atoms with van der Waals surface area (Å²) < 4.78 is 41.5. The molecule has 1 unspecified atom stereocenters. The van der Waals surface area contributed by atoms with Gasteiger partial charge in [0.15, 0.2) is 0 Å². The van der Waals surface area contributed by atoms with E-state index in [4.69, 9.17) is 14.6 Å². The molecule has 1 atom stereocenters. The summed E-state index contributed by atoms with van der Waals surface area (Å²) in [6, 6.07) is 8.50. The van der Waals surface area contributed by atoms with Crippen LogP contribution in [0.2, 0.25) is 0 Å². The van der Waals surface area contributed by atoms with Gasteiger partial charge in [-0.15, -0.1) is 5.10 Å². The van der Waals surface area contributed by atoms with Gasteiger partial charge < -0.3 is 14.7 Å². The van der Waals surface area contributed by atoms with Crippen LogP contribution < -0.4 is 0 Å². The Morgan fingerprint density at radius 2 is 1.97 bits per heavy atom. The molecule has 2 saturated heterocycles. The van der Waals surface area contributed by atoms with E-state index in [1.54, 1.807) is 0 Å². The van der Waals surface area contributed by atoms with E-state index in [1.165, 1.54) is 17.1 Å². The highest BCUT2D eigenvalue weighted by molar-refractivity contribution is 7.03. The number of benzene rings is 1. The lowest BCUT2D eigenvalue weighted by Crippen LogP contribution is -2.40. The summed E-state index contributed by atoms with van der Waals surface area (Å²) in [6.45, 7) is 4.87. The third-order valence-corrected chi connectivity index (χ3v) is 5.81. The van der Waals surface area contributed by atoms with E-state index in [2.05, 4.69) is 38.8 Å². The number of amides is 1. The van der Waals surface area contributed by atoms with Crippen molar-refractivity contribution in [2.24, 2.45) is 5.41 Å². The number of aliphatic carboxylic acids is 1. The number of hydrogen-bond acceptors (Lipinski definition) is 7. The van der Waals surface area contributed by atoms with Crippen molar-refractivity contribution in [3.05, 3.63) is 35.2 Å². The number of ether oxygens (including phenoxy) is 1. The number of hydrogen-bond donors (Lipinski definition) is 1. The lowest BCUT2D eigenvalue weighted by molar-refractivity contribution is -0.192. The standard InChI is InChI=1S/C18H22N4O2S.C2HF3O2/c1-21-11-18(8-17(21)23)12-22(6-7-24-13-18)9-14-2-4-15(5-3-14)16-10-25-20-19-16;3-2(4,5)1(6)7/h2-5,10H,6-9,11-13H2,1H3;(H,6,7). The predicted molar refractivity (Wildman–Crippen MR) is 110 cm³/mol. The average molecular weight is 472 g/mol. The first kappa shape index (κ1) is 24.1. The molecule has 1 aromatic heterocycles. The molecule has 0 radical (unpaired) electrons. The van der Waals surface area contributed by atoms with Crippen molar-refractivity contribution in [2.75, 3.05) is 39.9 Å². The minimum absolute atomic E-state index is 0.0610. The summed E-state index contributed by atoms with van der Waals surface area (Å²) in [4.78, 5) is 25.2. The van der Waals surface area contributed by atoms with E-state index in [9.17, 15) is 18.0 Å².